The molecule has 0 aromatic carbocycles. The smallest absolute Gasteiger partial charge is 0.307 e. The first kappa shape index (κ1) is 12.8. The molecule has 2 N–H and O–H groups in total. The second-order valence-corrected chi connectivity index (χ2v) is 5.42. The number of nitrogens with one attached hydrogen (secondary N) is 1. The van der Waals surface area contributed by atoms with Gasteiger partial charge in [-0.15, -0.1) is 0 Å². The summed E-state index contributed by atoms with van der Waals surface area (Å²) in [7, 11) is 0. The Bertz CT molecular complexity index is 555. The van der Waals surface area contributed by atoms with Crippen molar-refractivity contribution in [2.75, 3.05) is 0 Å². The van der Waals surface area contributed by atoms with Crippen LogP contribution < -0.4 is 5.32 Å². The van der Waals surface area contributed by atoms with Gasteiger partial charge in [-0.05, 0) is 29.9 Å². The number of carbonyl (C=O) groups excluding carboxylic acids is 1. The van der Waals surface area contributed by atoms with Gasteiger partial charge in [-0.25, -0.2) is 0 Å². The summed E-state index contributed by atoms with van der Waals surface area (Å²) in [6.45, 7) is 0.386. The average molecular weight is 272 g/mol. The van der Waals surface area contributed by atoms with Crippen molar-refractivity contribution in [2.45, 2.75) is 13.0 Å². The van der Waals surface area contributed by atoms with Crippen molar-refractivity contribution in [1.82, 2.24) is 10.3 Å². The predicted octanol–water partition coefficient (Wildman–Crippen LogP) is 1.22. The molecule has 1 aromatic rings. The number of aromatic nitrogens is 1. The third-order valence-corrected chi connectivity index (χ3v) is 4.24. The molecule has 20 heavy (non-hydrogen) atoms. The summed E-state index contributed by atoms with van der Waals surface area (Å²) in [6.07, 6.45) is 8.07. The molecule has 2 aliphatic rings. The monoisotopic (exact) mass is 272 g/mol. The lowest BCUT2D eigenvalue weighted by molar-refractivity contribution is -0.147. The lowest BCUT2D eigenvalue weighted by atomic mass is 9.82. The van der Waals surface area contributed by atoms with E-state index < -0.39 is 17.8 Å². The maximum Gasteiger partial charge on any atom is 0.307 e. The Labute approximate surface area is 116 Å². The molecular weight excluding hydrogens is 256 g/mol. The fourth-order valence-corrected chi connectivity index (χ4v) is 3.33. The number of nitrogens with zero attached hydrogens (tertiary/aromatic N) is 1. The first-order valence-corrected chi connectivity index (χ1v) is 6.74. The zero-order valence-corrected chi connectivity index (χ0v) is 10.9. The van der Waals surface area contributed by atoms with Crippen LogP contribution in [0.1, 0.15) is 12.0 Å². The molecule has 0 aliphatic heterocycles. The minimum atomic E-state index is -0.872. The number of aliphatic carboxylic acids is 1. The summed E-state index contributed by atoms with van der Waals surface area (Å²) in [6, 6.07) is 3.68. The molecule has 1 saturated carbocycles. The summed E-state index contributed by atoms with van der Waals surface area (Å²) >= 11 is 0. The van der Waals surface area contributed by atoms with E-state index in [1.54, 1.807) is 12.4 Å². The summed E-state index contributed by atoms with van der Waals surface area (Å²) in [5.74, 6) is -2.00. The van der Waals surface area contributed by atoms with Crippen molar-refractivity contribution in [1.29, 1.82) is 0 Å². The Morgan fingerprint density at radius 2 is 2.05 bits per heavy atom. The highest BCUT2D eigenvalue weighted by atomic mass is 16.4. The van der Waals surface area contributed by atoms with Crippen molar-refractivity contribution in [2.24, 2.45) is 23.7 Å². The van der Waals surface area contributed by atoms with Crippen LogP contribution >= 0.6 is 0 Å². The standard InChI is InChI=1S/C15H16N2O3/c18-14(17-8-9-2-1-5-16-7-9)12-10-3-4-11(6-10)13(12)15(19)20/h1-5,7,10-13H,6,8H2,(H,17,18)(H,19,20)/t10-,11+,12-,13+/m0/s1. The summed E-state index contributed by atoms with van der Waals surface area (Å²) in [4.78, 5) is 27.6. The number of fused-ring (bicyclic) bond motifs is 2. The number of hydrogen-bond acceptors (Lipinski definition) is 3. The van der Waals surface area contributed by atoms with E-state index in [-0.39, 0.29) is 17.7 Å². The van der Waals surface area contributed by atoms with Gasteiger partial charge in [-0.1, -0.05) is 18.2 Å². The molecule has 104 valence electrons. The van der Waals surface area contributed by atoms with Crippen molar-refractivity contribution in [3.05, 3.63) is 42.2 Å². The van der Waals surface area contributed by atoms with Gasteiger partial charge in [0.15, 0.2) is 0 Å². The highest BCUT2D eigenvalue weighted by molar-refractivity contribution is 5.86. The lowest BCUT2D eigenvalue weighted by Crippen LogP contribution is -2.39. The van der Waals surface area contributed by atoms with Gasteiger partial charge in [0.2, 0.25) is 5.91 Å². The number of carbonyl (C=O) groups is 2. The number of amides is 1. The van der Waals surface area contributed by atoms with Crippen LogP contribution in [0.5, 0.6) is 0 Å². The Balaban J connectivity index is 1.68. The Kier molecular flexibility index (Phi) is 3.26. The second kappa shape index (κ2) is 5.07. The first-order chi connectivity index (χ1) is 9.66. The SMILES string of the molecule is O=C(NCc1cccnc1)[C@@H]1[C@H](C(=O)O)[C@@H]2C=C[C@H]1C2. The van der Waals surface area contributed by atoms with E-state index in [9.17, 15) is 14.7 Å². The second-order valence-electron chi connectivity index (χ2n) is 5.42. The Morgan fingerprint density at radius 1 is 1.30 bits per heavy atom. The van der Waals surface area contributed by atoms with Gasteiger partial charge in [0.1, 0.15) is 0 Å². The zero-order chi connectivity index (χ0) is 14.1. The number of carboxylic acids is 1. The van der Waals surface area contributed by atoms with E-state index in [2.05, 4.69) is 10.3 Å². The van der Waals surface area contributed by atoms with E-state index in [1.165, 1.54) is 0 Å². The Morgan fingerprint density at radius 3 is 2.70 bits per heavy atom. The molecule has 2 aliphatic carbocycles. The van der Waals surface area contributed by atoms with Crippen LogP contribution in [0.3, 0.4) is 0 Å². The predicted molar refractivity (Wildman–Crippen MR) is 71.4 cm³/mol. The maximum absolute atomic E-state index is 12.3. The van der Waals surface area contributed by atoms with Gasteiger partial charge in [-0.3, -0.25) is 14.6 Å². The summed E-state index contributed by atoms with van der Waals surface area (Å²) < 4.78 is 0. The molecule has 1 fully saturated rings. The van der Waals surface area contributed by atoms with Gasteiger partial charge in [0.05, 0.1) is 11.8 Å². The van der Waals surface area contributed by atoms with Crippen LogP contribution in [0.2, 0.25) is 0 Å². The highest BCUT2D eigenvalue weighted by Gasteiger charge is 2.51. The van der Waals surface area contributed by atoms with Crippen LogP contribution in [0.25, 0.3) is 0 Å². The highest BCUT2D eigenvalue weighted by Crippen LogP contribution is 2.48. The fraction of sp³-hybridized carbons (Fsp3) is 0.400. The van der Waals surface area contributed by atoms with Gasteiger partial charge >= 0.3 is 5.97 Å². The molecule has 5 nitrogen and oxygen atoms in total. The Hall–Kier alpha value is -2.17. The van der Waals surface area contributed by atoms with Crippen LogP contribution in [-0.4, -0.2) is 22.0 Å². The van der Waals surface area contributed by atoms with E-state index >= 15 is 0 Å². The van der Waals surface area contributed by atoms with E-state index in [0.29, 0.717) is 6.54 Å². The topological polar surface area (TPSA) is 79.3 Å². The minimum Gasteiger partial charge on any atom is -0.481 e. The van der Waals surface area contributed by atoms with Crippen LogP contribution in [0, 0.1) is 23.7 Å². The van der Waals surface area contributed by atoms with Crippen LogP contribution in [0.4, 0.5) is 0 Å². The maximum atomic E-state index is 12.3. The van der Waals surface area contributed by atoms with Crippen molar-refractivity contribution in [3.63, 3.8) is 0 Å². The number of rotatable bonds is 4. The molecule has 1 amide bonds. The zero-order valence-electron chi connectivity index (χ0n) is 10.9. The number of carboxylic acid groups (broad SMARTS) is 1. The van der Waals surface area contributed by atoms with E-state index in [4.69, 9.17) is 0 Å². The molecule has 0 radical (unpaired) electrons. The largest absolute Gasteiger partial charge is 0.481 e. The van der Waals surface area contributed by atoms with Crippen LogP contribution in [0.15, 0.2) is 36.7 Å². The molecule has 1 aromatic heterocycles. The van der Waals surface area contributed by atoms with E-state index in [1.807, 2.05) is 24.3 Å². The minimum absolute atomic E-state index is 0.00615. The molecule has 0 saturated heterocycles. The molecule has 3 rings (SSSR count). The summed E-state index contributed by atoms with van der Waals surface area (Å²) in [5.41, 5.74) is 0.909. The third-order valence-electron chi connectivity index (χ3n) is 4.24. The van der Waals surface area contributed by atoms with Gasteiger partial charge in [0.25, 0.3) is 0 Å². The van der Waals surface area contributed by atoms with Gasteiger partial charge in [0, 0.05) is 18.9 Å². The molecule has 2 bridgehead atoms. The van der Waals surface area contributed by atoms with Gasteiger partial charge in [-0.2, -0.15) is 0 Å². The van der Waals surface area contributed by atoms with Crippen molar-refractivity contribution >= 4 is 11.9 Å². The summed E-state index contributed by atoms with van der Waals surface area (Å²) in [5, 5.41) is 12.2. The first-order valence-electron chi connectivity index (χ1n) is 6.74. The quantitative estimate of drug-likeness (QED) is 0.808. The van der Waals surface area contributed by atoms with Crippen molar-refractivity contribution < 1.29 is 14.7 Å². The molecule has 4 atom stereocenters. The van der Waals surface area contributed by atoms with E-state index in [0.717, 1.165) is 12.0 Å². The number of hydrogen-bond donors (Lipinski definition) is 2. The molecule has 5 heteroatoms. The normalized spacial score (nSPS) is 30.4. The lowest BCUT2D eigenvalue weighted by Gasteiger charge is -2.23. The average Bonchev–Trinajstić information content (AvgIpc) is 3.06. The molecule has 0 unspecified atom stereocenters. The van der Waals surface area contributed by atoms with Gasteiger partial charge < -0.3 is 10.4 Å². The third kappa shape index (κ3) is 2.19. The van der Waals surface area contributed by atoms with Crippen LogP contribution in [-0.2, 0) is 16.1 Å². The number of allylic oxidation sites excluding steroid dienone is 2. The number of pyridine rings is 1. The molecular formula is C15H16N2O3. The van der Waals surface area contributed by atoms with Crippen molar-refractivity contribution in [3.8, 4) is 0 Å². The molecule has 0 spiro atoms. The fourth-order valence-electron chi connectivity index (χ4n) is 3.33. The molecule has 1 heterocycles.